The molecule has 11 heavy (non-hydrogen) atoms. The number of hydrogen-bond acceptors (Lipinski definition) is 1. The molecule has 2 aliphatic heterocycles. The third kappa shape index (κ3) is 0.924. The fourth-order valence-corrected chi connectivity index (χ4v) is 2.63. The molecule has 0 aromatic rings. The lowest BCUT2D eigenvalue weighted by molar-refractivity contribution is -0.926. The second-order valence-electron chi connectivity index (χ2n) is 4.46. The minimum Gasteiger partial charge on any atom is -0.323 e. The highest BCUT2D eigenvalue weighted by atomic mass is 16.1. The zero-order chi connectivity index (χ0) is 8.06. The largest absolute Gasteiger partial charge is 0.323 e. The summed E-state index contributed by atoms with van der Waals surface area (Å²) in [7, 11) is 4.55. The lowest BCUT2D eigenvalue weighted by atomic mass is 10.00. The van der Waals surface area contributed by atoms with Gasteiger partial charge in [-0.25, -0.2) is 0 Å². The monoisotopic (exact) mass is 154 g/mol. The van der Waals surface area contributed by atoms with Crippen LogP contribution in [-0.2, 0) is 4.79 Å². The van der Waals surface area contributed by atoms with Crippen LogP contribution in [0.3, 0.4) is 0 Å². The summed E-state index contributed by atoms with van der Waals surface area (Å²) >= 11 is 0. The van der Waals surface area contributed by atoms with E-state index in [0.29, 0.717) is 17.9 Å². The van der Waals surface area contributed by atoms with E-state index >= 15 is 0 Å². The number of carbonyl (C=O) groups excluding carboxylic acids is 1. The van der Waals surface area contributed by atoms with E-state index < -0.39 is 0 Å². The second-order valence-corrected chi connectivity index (χ2v) is 4.46. The molecule has 2 nitrogen and oxygen atoms in total. The van der Waals surface area contributed by atoms with Crippen LogP contribution in [0.15, 0.2) is 0 Å². The van der Waals surface area contributed by atoms with Crippen molar-refractivity contribution in [1.82, 2.24) is 0 Å². The highest BCUT2D eigenvalue weighted by Crippen LogP contribution is 2.37. The fraction of sp³-hybridized carbons (Fsp3) is 0.889. The summed E-state index contributed by atoms with van der Waals surface area (Å²) in [5.41, 5.74) is 0. The van der Waals surface area contributed by atoms with Crippen LogP contribution in [0.5, 0.6) is 0 Å². The lowest BCUT2D eigenvalue weighted by Crippen LogP contribution is -2.54. The van der Waals surface area contributed by atoms with Gasteiger partial charge < -0.3 is 4.48 Å². The van der Waals surface area contributed by atoms with Gasteiger partial charge >= 0.3 is 0 Å². The number of ketones is 1. The number of Topliss-reactive ketones (excluding diaryl/α,β-unsaturated/α-hetero) is 1. The predicted molar refractivity (Wildman–Crippen MR) is 43.2 cm³/mol. The topological polar surface area (TPSA) is 17.1 Å². The Hall–Kier alpha value is -0.370. The van der Waals surface area contributed by atoms with Crippen LogP contribution >= 0.6 is 0 Å². The Bertz CT molecular complexity index is 180. The van der Waals surface area contributed by atoms with Crippen LogP contribution in [0.25, 0.3) is 0 Å². The van der Waals surface area contributed by atoms with Crippen molar-refractivity contribution in [3.05, 3.63) is 0 Å². The van der Waals surface area contributed by atoms with E-state index in [1.165, 1.54) is 12.8 Å². The molecule has 62 valence electrons. The quantitative estimate of drug-likeness (QED) is 0.475. The van der Waals surface area contributed by atoms with E-state index in [-0.39, 0.29) is 0 Å². The normalized spacial score (nSPS) is 41.1. The van der Waals surface area contributed by atoms with E-state index in [0.717, 1.165) is 17.3 Å². The molecule has 2 heteroatoms. The molecule has 2 heterocycles. The SMILES string of the molecule is C[N+]1(C)C2CCC1CC(=O)C2. The number of hydrogen-bond donors (Lipinski definition) is 0. The van der Waals surface area contributed by atoms with Gasteiger partial charge in [0.1, 0.15) is 5.78 Å². The zero-order valence-corrected chi connectivity index (χ0v) is 7.34. The smallest absolute Gasteiger partial charge is 0.144 e. The maximum absolute atomic E-state index is 11.2. The van der Waals surface area contributed by atoms with Gasteiger partial charge in [0.25, 0.3) is 0 Å². The van der Waals surface area contributed by atoms with E-state index in [1.807, 2.05) is 0 Å². The van der Waals surface area contributed by atoms with Crippen molar-refractivity contribution in [2.24, 2.45) is 0 Å². The first-order valence-corrected chi connectivity index (χ1v) is 4.46. The summed E-state index contributed by atoms with van der Waals surface area (Å²) < 4.78 is 1.10. The Labute approximate surface area is 67.8 Å². The van der Waals surface area contributed by atoms with Crippen LogP contribution in [0.1, 0.15) is 25.7 Å². The Balaban J connectivity index is 2.25. The molecule has 2 fully saturated rings. The summed E-state index contributed by atoms with van der Waals surface area (Å²) in [5, 5.41) is 0. The molecule has 0 saturated carbocycles. The number of piperidine rings is 1. The molecular weight excluding hydrogens is 138 g/mol. The van der Waals surface area contributed by atoms with Gasteiger partial charge in [-0.1, -0.05) is 0 Å². The summed E-state index contributed by atoms with van der Waals surface area (Å²) in [4.78, 5) is 11.2. The van der Waals surface area contributed by atoms with E-state index in [2.05, 4.69) is 14.1 Å². The predicted octanol–water partition coefficient (Wildman–Crippen LogP) is 0.957. The van der Waals surface area contributed by atoms with Gasteiger partial charge in [-0.2, -0.15) is 0 Å². The third-order valence-electron chi connectivity index (χ3n) is 3.64. The molecule has 0 aromatic heterocycles. The minimum atomic E-state index is 0.495. The van der Waals surface area contributed by atoms with Crippen molar-refractivity contribution in [2.75, 3.05) is 14.1 Å². The van der Waals surface area contributed by atoms with E-state index in [9.17, 15) is 4.79 Å². The molecular formula is C9H16NO+. The molecule has 2 saturated heterocycles. The number of fused-ring (bicyclic) bond motifs is 2. The van der Waals surface area contributed by atoms with E-state index in [1.54, 1.807) is 0 Å². The van der Waals surface area contributed by atoms with Gasteiger partial charge in [0, 0.05) is 12.8 Å². The van der Waals surface area contributed by atoms with Gasteiger partial charge in [-0.15, -0.1) is 0 Å². The Morgan fingerprint density at radius 2 is 1.64 bits per heavy atom. The molecule has 0 aliphatic carbocycles. The maximum atomic E-state index is 11.2. The summed E-state index contributed by atoms with van der Waals surface area (Å²) in [5.74, 6) is 0.495. The number of nitrogens with zero attached hydrogens (tertiary/aromatic N) is 1. The van der Waals surface area contributed by atoms with Crippen LogP contribution in [-0.4, -0.2) is 36.4 Å². The first kappa shape index (κ1) is 7.29. The summed E-state index contributed by atoms with van der Waals surface area (Å²) in [6, 6.07) is 1.28. The first-order chi connectivity index (χ1) is 5.10. The van der Waals surface area contributed by atoms with Crippen LogP contribution in [0.2, 0.25) is 0 Å². The first-order valence-electron chi connectivity index (χ1n) is 4.46. The van der Waals surface area contributed by atoms with Crippen LogP contribution in [0.4, 0.5) is 0 Å². The molecule has 0 amide bonds. The van der Waals surface area contributed by atoms with Gasteiger partial charge in [0.2, 0.25) is 0 Å². The molecule has 2 atom stereocenters. The maximum Gasteiger partial charge on any atom is 0.144 e. The molecule has 0 spiro atoms. The Kier molecular flexibility index (Phi) is 1.37. The number of quaternary nitrogens is 1. The standard InChI is InChI=1S/C9H16NO/c1-10(2)7-3-4-8(10)6-9(11)5-7/h7-8H,3-6H2,1-2H3/q+1. The molecule has 2 bridgehead atoms. The van der Waals surface area contributed by atoms with Gasteiger partial charge in [0.05, 0.1) is 39.0 Å². The van der Waals surface area contributed by atoms with Crippen molar-refractivity contribution in [3.8, 4) is 0 Å². The Morgan fingerprint density at radius 1 is 1.18 bits per heavy atom. The van der Waals surface area contributed by atoms with Crippen molar-refractivity contribution in [3.63, 3.8) is 0 Å². The highest BCUT2D eigenvalue weighted by molar-refractivity contribution is 5.80. The van der Waals surface area contributed by atoms with Gasteiger partial charge in [0.15, 0.2) is 0 Å². The molecule has 2 rings (SSSR count). The molecule has 0 radical (unpaired) electrons. The third-order valence-corrected chi connectivity index (χ3v) is 3.64. The number of rotatable bonds is 0. The van der Waals surface area contributed by atoms with Crippen LogP contribution in [0, 0.1) is 0 Å². The molecule has 2 unspecified atom stereocenters. The number of carbonyl (C=O) groups is 1. The highest BCUT2D eigenvalue weighted by Gasteiger charge is 2.48. The zero-order valence-electron chi connectivity index (χ0n) is 7.34. The van der Waals surface area contributed by atoms with E-state index in [4.69, 9.17) is 0 Å². The molecule has 2 aliphatic rings. The molecule has 0 aromatic carbocycles. The van der Waals surface area contributed by atoms with Crippen molar-refractivity contribution < 1.29 is 9.28 Å². The second kappa shape index (κ2) is 2.07. The van der Waals surface area contributed by atoms with Crippen LogP contribution < -0.4 is 0 Å². The molecule has 0 N–H and O–H groups in total. The fourth-order valence-electron chi connectivity index (χ4n) is 2.63. The van der Waals surface area contributed by atoms with Gasteiger partial charge in [-0.3, -0.25) is 4.79 Å². The average Bonchev–Trinajstić information content (AvgIpc) is 2.19. The minimum absolute atomic E-state index is 0.495. The Morgan fingerprint density at radius 3 is 2.09 bits per heavy atom. The van der Waals surface area contributed by atoms with Crippen molar-refractivity contribution in [1.29, 1.82) is 0 Å². The summed E-state index contributed by atoms with van der Waals surface area (Å²) in [6.45, 7) is 0. The van der Waals surface area contributed by atoms with Crippen molar-refractivity contribution >= 4 is 5.78 Å². The summed E-state index contributed by atoms with van der Waals surface area (Å²) in [6.07, 6.45) is 4.21. The average molecular weight is 154 g/mol. The van der Waals surface area contributed by atoms with Crippen molar-refractivity contribution in [2.45, 2.75) is 37.8 Å². The lowest BCUT2D eigenvalue weighted by Gasteiger charge is -2.40. The van der Waals surface area contributed by atoms with Gasteiger partial charge in [-0.05, 0) is 0 Å².